The highest BCUT2D eigenvalue weighted by molar-refractivity contribution is 5.36. The van der Waals surface area contributed by atoms with Crippen molar-refractivity contribution >= 4 is 12.4 Å². The minimum atomic E-state index is 0.333. The van der Waals surface area contributed by atoms with Crippen LogP contribution in [0.1, 0.15) is 6.92 Å². The number of carbonyl (C=O) groups excluding carboxylic acids is 1. The van der Waals surface area contributed by atoms with E-state index in [0.29, 0.717) is 19.0 Å². The van der Waals surface area contributed by atoms with Crippen LogP contribution in [-0.2, 0) is 9.53 Å². The number of nitriles is 1. The molecule has 0 amide bonds. The number of ether oxygens (including phenoxy) is 1. The summed E-state index contributed by atoms with van der Waals surface area (Å²) in [6, 6.07) is 1.68. The first-order chi connectivity index (χ1) is 6.85. The lowest BCUT2D eigenvalue weighted by atomic mass is 10.7. The average Bonchev–Trinajstić information content (AvgIpc) is 2.22. The first kappa shape index (κ1) is 11.8. The molecule has 0 saturated carbocycles. The van der Waals surface area contributed by atoms with Gasteiger partial charge in [-0.05, 0) is 13.0 Å². The molecule has 0 radical (unpaired) electrons. The van der Waals surface area contributed by atoms with Crippen LogP contribution in [0.25, 0.3) is 0 Å². The summed E-state index contributed by atoms with van der Waals surface area (Å²) >= 11 is 0. The van der Waals surface area contributed by atoms with Crippen molar-refractivity contribution in [1.29, 1.82) is 5.26 Å². The molecule has 0 aromatic carbocycles. The maximum atomic E-state index is 9.18. The SMILES string of the molecule is CCOC=O.N#CNc1ncccn1. The monoisotopic (exact) mass is 194 g/mol. The smallest absolute Gasteiger partial charge is 0.293 e. The molecule has 6 nitrogen and oxygen atoms in total. The summed E-state index contributed by atoms with van der Waals surface area (Å²) in [5.74, 6) is 0.333. The summed E-state index contributed by atoms with van der Waals surface area (Å²) in [5.41, 5.74) is 0. The van der Waals surface area contributed by atoms with Gasteiger partial charge in [-0.1, -0.05) is 0 Å². The van der Waals surface area contributed by atoms with Crippen LogP contribution in [0.5, 0.6) is 0 Å². The van der Waals surface area contributed by atoms with Gasteiger partial charge >= 0.3 is 0 Å². The molecule has 0 aliphatic heterocycles. The van der Waals surface area contributed by atoms with Gasteiger partial charge in [-0.3, -0.25) is 10.1 Å². The first-order valence-corrected chi connectivity index (χ1v) is 3.82. The molecular formula is C8H10N4O2. The highest BCUT2D eigenvalue weighted by Crippen LogP contribution is 1.89. The van der Waals surface area contributed by atoms with E-state index in [1.807, 2.05) is 0 Å². The number of nitrogens with one attached hydrogen (secondary N) is 1. The van der Waals surface area contributed by atoms with Gasteiger partial charge in [0.25, 0.3) is 6.47 Å². The van der Waals surface area contributed by atoms with Crippen molar-refractivity contribution in [3.8, 4) is 6.19 Å². The Kier molecular flexibility index (Phi) is 7.55. The minimum absolute atomic E-state index is 0.333. The number of anilines is 1. The fourth-order valence-electron chi connectivity index (χ4n) is 0.482. The quantitative estimate of drug-likeness (QED) is 0.429. The molecule has 0 saturated heterocycles. The highest BCUT2D eigenvalue weighted by Gasteiger charge is 1.85. The zero-order valence-corrected chi connectivity index (χ0v) is 7.67. The van der Waals surface area contributed by atoms with Crippen molar-refractivity contribution in [3.63, 3.8) is 0 Å². The Morgan fingerprint density at radius 2 is 2.29 bits per heavy atom. The molecule has 0 atom stereocenters. The standard InChI is InChI=1S/C5H4N4.C3H6O2/c6-4-9-5-7-2-1-3-8-5;1-2-5-3-4/h1-3H,(H,7,8,9);3H,2H2,1H3. The molecule has 74 valence electrons. The second-order valence-electron chi connectivity index (χ2n) is 1.86. The Balaban J connectivity index is 0.000000292. The predicted molar refractivity (Wildman–Crippen MR) is 49.0 cm³/mol. The van der Waals surface area contributed by atoms with Crippen molar-refractivity contribution < 1.29 is 9.53 Å². The summed E-state index contributed by atoms with van der Waals surface area (Å²) < 4.78 is 4.15. The second-order valence-corrected chi connectivity index (χ2v) is 1.86. The molecule has 0 aliphatic carbocycles. The summed E-state index contributed by atoms with van der Waals surface area (Å²) in [5, 5.41) is 10.4. The Bertz CT molecular complexity index is 283. The predicted octanol–water partition coefficient (Wildman–Crippen LogP) is 0.549. The fraction of sp³-hybridized carbons (Fsp3) is 0.250. The topological polar surface area (TPSA) is 87.9 Å². The van der Waals surface area contributed by atoms with Crippen LogP contribution in [0.15, 0.2) is 18.5 Å². The van der Waals surface area contributed by atoms with Crippen LogP contribution in [0.2, 0.25) is 0 Å². The van der Waals surface area contributed by atoms with Crippen molar-refractivity contribution in [2.45, 2.75) is 6.92 Å². The van der Waals surface area contributed by atoms with Gasteiger partial charge < -0.3 is 4.74 Å². The van der Waals surface area contributed by atoms with Gasteiger partial charge in [0.2, 0.25) is 5.95 Å². The van der Waals surface area contributed by atoms with E-state index in [1.54, 1.807) is 31.6 Å². The summed E-state index contributed by atoms with van der Waals surface area (Å²) in [4.78, 5) is 16.6. The number of hydrogen-bond acceptors (Lipinski definition) is 6. The maximum absolute atomic E-state index is 9.18. The van der Waals surface area contributed by atoms with Crippen LogP contribution in [0.4, 0.5) is 5.95 Å². The van der Waals surface area contributed by atoms with Gasteiger partial charge in [-0.25, -0.2) is 9.97 Å². The molecular weight excluding hydrogens is 184 g/mol. The van der Waals surface area contributed by atoms with Crippen LogP contribution in [0, 0.1) is 11.5 Å². The summed E-state index contributed by atoms with van der Waals surface area (Å²) in [6.45, 7) is 2.66. The van der Waals surface area contributed by atoms with E-state index in [-0.39, 0.29) is 0 Å². The van der Waals surface area contributed by atoms with Crippen LogP contribution < -0.4 is 5.32 Å². The van der Waals surface area contributed by atoms with E-state index in [9.17, 15) is 4.79 Å². The van der Waals surface area contributed by atoms with E-state index in [0.717, 1.165) is 0 Å². The number of hydrogen-bond donors (Lipinski definition) is 1. The van der Waals surface area contributed by atoms with Gasteiger partial charge in [0, 0.05) is 12.4 Å². The Hall–Kier alpha value is -2.16. The minimum Gasteiger partial charge on any atom is -0.468 e. The molecule has 0 fully saturated rings. The summed E-state index contributed by atoms with van der Waals surface area (Å²) in [7, 11) is 0. The van der Waals surface area contributed by atoms with Crippen molar-refractivity contribution in [3.05, 3.63) is 18.5 Å². The van der Waals surface area contributed by atoms with Crippen LogP contribution >= 0.6 is 0 Å². The van der Waals surface area contributed by atoms with Gasteiger partial charge in [0.15, 0.2) is 6.19 Å². The lowest BCUT2D eigenvalue weighted by Gasteiger charge is -1.88. The van der Waals surface area contributed by atoms with Gasteiger partial charge in [-0.15, -0.1) is 0 Å². The molecule has 0 aliphatic rings. The molecule has 1 N–H and O–H groups in total. The van der Waals surface area contributed by atoms with Gasteiger partial charge in [-0.2, -0.15) is 5.26 Å². The average molecular weight is 194 g/mol. The molecule has 0 unspecified atom stereocenters. The molecule has 1 aromatic heterocycles. The van der Waals surface area contributed by atoms with E-state index in [1.165, 1.54) is 0 Å². The molecule has 0 spiro atoms. The lowest BCUT2D eigenvalue weighted by Crippen LogP contribution is -1.92. The van der Waals surface area contributed by atoms with E-state index in [4.69, 9.17) is 5.26 Å². The van der Waals surface area contributed by atoms with E-state index >= 15 is 0 Å². The Morgan fingerprint density at radius 1 is 1.64 bits per heavy atom. The second kappa shape index (κ2) is 8.93. The van der Waals surface area contributed by atoms with Crippen molar-refractivity contribution in [2.75, 3.05) is 11.9 Å². The molecule has 1 heterocycles. The number of carbonyl (C=O) groups is 1. The Morgan fingerprint density at radius 3 is 2.64 bits per heavy atom. The van der Waals surface area contributed by atoms with Crippen molar-refractivity contribution in [1.82, 2.24) is 9.97 Å². The van der Waals surface area contributed by atoms with E-state index in [2.05, 4.69) is 20.0 Å². The normalized spacial score (nSPS) is 7.43. The van der Waals surface area contributed by atoms with E-state index < -0.39 is 0 Å². The number of rotatable bonds is 3. The van der Waals surface area contributed by atoms with Gasteiger partial charge in [0.05, 0.1) is 6.61 Å². The number of nitrogens with zero attached hydrogens (tertiary/aromatic N) is 3. The van der Waals surface area contributed by atoms with Crippen LogP contribution in [-0.4, -0.2) is 23.0 Å². The summed E-state index contributed by atoms with van der Waals surface area (Å²) in [6.07, 6.45) is 4.83. The third kappa shape index (κ3) is 6.54. The lowest BCUT2D eigenvalue weighted by molar-refractivity contribution is -0.128. The molecule has 1 rings (SSSR count). The van der Waals surface area contributed by atoms with Crippen LogP contribution in [0.3, 0.4) is 0 Å². The van der Waals surface area contributed by atoms with Crippen molar-refractivity contribution in [2.24, 2.45) is 0 Å². The Labute approximate surface area is 81.6 Å². The largest absolute Gasteiger partial charge is 0.468 e. The first-order valence-electron chi connectivity index (χ1n) is 3.82. The molecule has 1 aromatic rings. The highest BCUT2D eigenvalue weighted by atomic mass is 16.5. The molecule has 6 heteroatoms. The fourth-order valence-corrected chi connectivity index (χ4v) is 0.482. The maximum Gasteiger partial charge on any atom is 0.293 e. The third-order valence-electron chi connectivity index (χ3n) is 0.968. The number of aromatic nitrogens is 2. The zero-order chi connectivity index (χ0) is 10.6. The van der Waals surface area contributed by atoms with Gasteiger partial charge in [0.1, 0.15) is 0 Å². The molecule has 14 heavy (non-hydrogen) atoms. The third-order valence-corrected chi connectivity index (χ3v) is 0.968. The zero-order valence-electron chi connectivity index (χ0n) is 7.67. The molecule has 0 bridgehead atoms.